The van der Waals surface area contributed by atoms with E-state index in [1.54, 1.807) is 6.92 Å². The SMILES string of the molecule is Cc1cn([C@@H]2O[C@]3(CO)C(O)C2OC32CC2)c(=O)nc1N. The first-order valence-corrected chi connectivity index (χ1v) is 6.94. The summed E-state index contributed by atoms with van der Waals surface area (Å²) < 4.78 is 13.1. The predicted molar refractivity (Wildman–Crippen MR) is 70.4 cm³/mol. The highest BCUT2D eigenvalue weighted by molar-refractivity contribution is 5.35. The van der Waals surface area contributed by atoms with Gasteiger partial charge in [0.05, 0.1) is 6.61 Å². The second-order valence-corrected chi connectivity index (χ2v) is 6.08. The highest BCUT2D eigenvalue weighted by Crippen LogP contribution is 2.63. The average Bonchev–Trinajstić information content (AvgIpc) is 3.12. The molecule has 1 aromatic heterocycles. The lowest BCUT2D eigenvalue weighted by molar-refractivity contribution is -0.235. The number of hydrogen-bond acceptors (Lipinski definition) is 7. The molecule has 3 heterocycles. The fraction of sp³-hybridized carbons (Fsp3) is 0.692. The number of fused-ring (bicyclic) bond motifs is 3. The Labute approximate surface area is 120 Å². The molecule has 3 aliphatic rings. The molecule has 1 aromatic rings. The van der Waals surface area contributed by atoms with Crippen LogP contribution in [0.4, 0.5) is 5.82 Å². The zero-order chi connectivity index (χ0) is 15.0. The van der Waals surface area contributed by atoms with Crippen LogP contribution in [0.2, 0.25) is 0 Å². The zero-order valence-corrected chi connectivity index (χ0v) is 11.5. The highest BCUT2D eigenvalue weighted by Gasteiger charge is 2.78. The smallest absolute Gasteiger partial charge is 0.351 e. The molecule has 2 aliphatic heterocycles. The lowest BCUT2D eigenvalue weighted by Gasteiger charge is -2.37. The Morgan fingerprint density at radius 2 is 2.24 bits per heavy atom. The lowest BCUT2D eigenvalue weighted by atomic mass is 9.91. The van der Waals surface area contributed by atoms with Crippen molar-refractivity contribution in [3.05, 3.63) is 22.2 Å². The molecule has 8 nitrogen and oxygen atoms in total. The number of rotatable bonds is 2. The van der Waals surface area contributed by atoms with Gasteiger partial charge in [-0.15, -0.1) is 0 Å². The Kier molecular flexibility index (Phi) is 2.41. The number of nitrogens with zero attached hydrogens (tertiary/aromatic N) is 2. The fourth-order valence-corrected chi connectivity index (χ4v) is 3.54. The molecule has 2 saturated heterocycles. The first kappa shape index (κ1) is 13.2. The molecule has 4 N–H and O–H groups in total. The molecule has 114 valence electrons. The van der Waals surface area contributed by atoms with E-state index in [2.05, 4.69) is 4.98 Å². The third kappa shape index (κ3) is 1.43. The van der Waals surface area contributed by atoms with Gasteiger partial charge in [0.1, 0.15) is 23.6 Å². The number of aromatic nitrogens is 2. The molecule has 0 amide bonds. The first-order chi connectivity index (χ1) is 9.94. The van der Waals surface area contributed by atoms with Gasteiger partial charge in [0.25, 0.3) is 0 Å². The average molecular weight is 295 g/mol. The Morgan fingerprint density at radius 1 is 1.52 bits per heavy atom. The molecule has 1 aliphatic carbocycles. The van der Waals surface area contributed by atoms with E-state index in [1.165, 1.54) is 10.8 Å². The number of nitrogens with two attached hydrogens (primary N) is 1. The van der Waals surface area contributed by atoms with Gasteiger partial charge in [0.15, 0.2) is 11.8 Å². The minimum Gasteiger partial charge on any atom is -0.393 e. The summed E-state index contributed by atoms with van der Waals surface area (Å²) in [6.07, 6.45) is 0.542. The van der Waals surface area contributed by atoms with Crippen LogP contribution in [0.3, 0.4) is 0 Å². The molecule has 21 heavy (non-hydrogen) atoms. The van der Waals surface area contributed by atoms with Crippen molar-refractivity contribution in [1.29, 1.82) is 0 Å². The predicted octanol–water partition coefficient (Wildman–Crippen LogP) is -1.31. The van der Waals surface area contributed by atoms with Gasteiger partial charge in [-0.05, 0) is 19.8 Å². The van der Waals surface area contributed by atoms with Crippen molar-refractivity contribution in [2.24, 2.45) is 0 Å². The maximum atomic E-state index is 12.0. The normalized spacial score (nSPS) is 39.1. The highest BCUT2D eigenvalue weighted by atomic mass is 16.7. The van der Waals surface area contributed by atoms with E-state index < -0.39 is 35.3 Å². The molecule has 3 fully saturated rings. The van der Waals surface area contributed by atoms with Crippen LogP contribution in [0.25, 0.3) is 0 Å². The third-order valence-electron chi connectivity index (χ3n) is 4.92. The van der Waals surface area contributed by atoms with Crippen LogP contribution in [0.5, 0.6) is 0 Å². The van der Waals surface area contributed by atoms with E-state index in [0.717, 1.165) is 12.8 Å². The molecule has 0 aromatic carbocycles. The molecule has 0 radical (unpaired) electrons. The molecular formula is C13H17N3O5. The number of nitrogen functional groups attached to an aromatic ring is 1. The van der Waals surface area contributed by atoms with Crippen molar-refractivity contribution in [3.63, 3.8) is 0 Å². The maximum absolute atomic E-state index is 12.0. The Bertz CT molecular complexity index is 670. The molecule has 4 atom stereocenters. The summed E-state index contributed by atoms with van der Waals surface area (Å²) >= 11 is 0. The van der Waals surface area contributed by atoms with Crippen molar-refractivity contribution < 1.29 is 19.7 Å². The van der Waals surface area contributed by atoms with Crippen molar-refractivity contribution in [1.82, 2.24) is 9.55 Å². The van der Waals surface area contributed by atoms with Gasteiger partial charge in [-0.25, -0.2) is 4.79 Å². The second-order valence-electron chi connectivity index (χ2n) is 6.08. The molecule has 8 heteroatoms. The van der Waals surface area contributed by atoms with Gasteiger partial charge in [-0.2, -0.15) is 4.98 Å². The van der Waals surface area contributed by atoms with Gasteiger partial charge >= 0.3 is 5.69 Å². The maximum Gasteiger partial charge on any atom is 0.351 e. The van der Waals surface area contributed by atoms with Crippen molar-refractivity contribution in [2.75, 3.05) is 12.3 Å². The van der Waals surface area contributed by atoms with E-state index in [4.69, 9.17) is 15.2 Å². The number of ether oxygens (including phenoxy) is 2. The minimum absolute atomic E-state index is 0.163. The Balaban J connectivity index is 1.77. The zero-order valence-electron chi connectivity index (χ0n) is 11.5. The minimum atomic E-state index is -1.16. The molecule has 4 rings (SSSR count). The number of hydrogen-bond donors (Lipinski definition) is 3. The topological polar surface area (TPSA) is 120 Å². The van der Waals surface area contributed by atoms with Crippen molar-refractivity contribution >= 4 is 5.82 Å². The molecule has 1 saturated carbocycles. The molecule has 1 spiro atoms. The summed E-state index contributed by atoms with van der Waals surface area (Å²) in [6.45, 7) is 1.38. The lowest BCUT2D eigenvalue weighted by Crippen LogP contribution is -2.52. The van der Waals surface area contributed by atoms with E-state index >= 15 is 0 Å². The number of aliphatic hydroxyl groups is 2. The summed E-state index contributed by atoms with van der Waals surface area (Å²) in [6, 6.07) is 0. The van der Waals surface area contributed by atoms with Crippen LogP contribution < -0.4 is 11.4 Å². The Hall–Kier alpha value is -1.48. The Morgan fingerprint density at radius 3 is 2.86 bits per heavy atom. The van der Waals surface area contributed by atoms with Crippen LogP contribution >= 0.6 is 0 Å². The van der Waals surface area contributed by atoms with Crippen molar-refractivity contribution in [2.45, 2.75) is 49.4 Å². The largest absolute Gasteiger partial charge is 0.393 e. The molecule has 2 unspecified atom stereocenters. The van der Waals surface area contributed by atoms with Crippen molar-refractivity contribution in [3.8, 4) is 0 Å². The summed E-state index contributed by atoms with van der Waals surface area (Å²) in [5, 5.41) is 20.2. The third-order valence-corrected chi connectivity index (χ3v) is 4.92. The number of anilines is 1. The molecular weight excluding hydrogens is 278 g/mol. The first-order valence-electron chi connectivity index (χ1n) is 6.94. The van der Waals surface area contributed by atoms with Gasteiger partial charge in [0.2, 0.25) is 0 Å². The monoisotopic (exact) mass is 295 g/mol. The van der Waals surface area contributed by atoms with Gasteiger partial charge in [-0.1, -0.05) is 0 Å². The van der Waals surface area contributed by atoms with Crippen LogP contribution in [-0.2, 0) is 9.47 Å². The summed E-state index contributed by atoms with van der Waals surface area (Å²) in [4.78, 5) is 15.8. The van der Waals surface area contributed by atoms with E-state index in [0.29, 0.717) is 5.56 Å². The van der Waals surface area contributed by atoms with Crippen LogP contribution in [0.1, 0.15) is 24.6 Å². The summed E-state index contributed by atoms with van der Waals surface area (Å²) in [5.41, 5.74) is 3.91. The van der Waals surface area contributed by atoms with E-state index in [-0.39, 0.29) is 12.4 Å². The van der Waals surface area contributed by atoms with Gasteiger partial charge in [-0.3, -0.25) is 4.57 Å². The van der Waals surface area contributed by atoms with Gasteiger partial charge < -0.3 is 25.4 Å². The summed E-state index contributed by atoms with van der Waals surface area (Å²) in [5.74, 6) is 0.163. The number of aliphatic hydroxyl groups excluding tert-OH is 2. The summed E-state index contributed by atoms with van der Waals surface area (Å²) in [7, 11) is 0. The van der Waals surface area contributed by atoms with E-state index in [9.17, 15) is 15.0 Å². The fourth-order valence-electron chi connectivity index (χ4n) is 3.54. The molecule has 2 bridgehead atoms. The van der Waals surface area contributed by atoms with E-state index in [1.807, 2.05) is 0 Å². The second kappa shape index (κ2) is 3.83. The quantitative estimate of drug-likeness (QED) is 0.619. The van der Waals surface area contributed by atoms with Crippen LogP contribution in [0, 0.1) is 6.92 Å². The van der Waals surface area contributed by atoms with Gasteiger partial charge in [0, 0.05) is 11.8 Å². The standard InChI is InChI=1S/C13H17N3O5/c1-6-4-16(11(19)15-9(6)14)10-7-8(18)13(5-17,21-10)12(20-7)2-3-12/h4,7-8,10,17-18H,2-3,5H2,1H3,(H2,14,15,19)/t7?,8?,10-,13-/m1/s1. The number of aryl methyl sites for hydroxylation is 1. The van der Waals surface area contributed by atoms with Crippen LogP contribution in [0.15, 0.2) is 11.0 Å². The van der Waals surface area contributed by atoms with Crippen LogP contribution in [-0.4, -0.2) is 49.8 Å².